The van der Waals surface area contributed by atoms with Crippen LogP contribution >= 0.6 is 0 Å². The zero-order chi connectivity index (χ0) is 21.5. The molecule has 0 spiro atoms. The Balaban J connectivity index is 1.42. The van der Waals surface area contributed by atoms with Gasteiger partial charge in [0.15, 0.2) is 5.69 Å². The van der Waals surface area contributed by atoms with Crippen molar-refractivity contribution >= 4 is 11.6 Å². The van der Waals surface area contributed by atoms with Gasteiger partial charge >= 0.3 is 6.18 Å². The van der Waals surface area contributed by atoms with Crippen LogP contribution in [0.5, 0.6) is 0 Å². The molecule has 30 heavy (non-hydrogen) atoms. The highest BCUT2D eigenvalue weighted by Gasteiger charge is 2.33. The lowest BCUT2D eigenvalue weighted by Gasteiger charge is -2.32. The lowest BCUT2D eigenvalue weighted by atomic mass is 9.96. The first-order valence-electron chi connectivity index (χ1n) is 9.60. The Morgan fingerprint density at radius 2 is 1.97 bits per heavy atom. The van der Waals surface area contributed by atoms with E-state index in [4.69, 9.17) is 0 Å². The van der Waals surface area contributed by atoms with Crippen LogP contribution in [0, 0.1) is 12.8 Å². The van der Waals surface area contributed by atoms with Gasteiger partial charge in [-0.15, -0.1) is 0 Å². The molecule has 0 bridgehead atoms. The minimum atomic E-state index is -4.64. The van der Waals surface area contributed by atoms with Gasteiger partial charge in [-0.3, -0.25) is 18.6 Å². The standard InChI is InChI=1S/C20H20F3N5O2/c1-13-18(28-7-3-2-4-16(28)25-13)19(30)26-8-5-14(6-9-26)11-27-12-24-15(10-17(27)29)20(21,22)23/h2-4,7,10,12,14H,5-6,8-9,11H2,1H3. The first kappa shape index (κ1) is 20.1. The number of hydrogen-bond acceptors (Lipinski definition) is 4. The Morgan fingerprint density at radius 1 is 1.23 bits per heavy atom. The van der Waals surface area contributed by atoms with E-state index in [-0.39, 0.29) is 18.4 Å². The average molecular weight is 419 g/mol. The van der Waals surface area contributed by atoms with Crippen LogP contribution in [-0.4, -0.2) is 42.8 Å². The van der Waals surface area contributed by atoms with Gasteiger partial charge in [-0.1, -0.05) is 6.07 Å². The van der Waals surface area contributed by atoms with Crippen LogP contribution < -0.4 is 5.56 Å². The second-order valence-corrected chi connectivity index (χ2v) is 7.47. The number of carbonyl (C=O) groups excluding carboxylic acids is 1. The number of amides is 1. The van der Waals surface area contributed by atoms with Crippen molar-refractivity contribution in [1.82, 2.24) is 23.8 Å². The van der Waals surface area contributed by atoms with Crippen LogP contribution in [0.2, 0.25) is 0 Å². The summed E-state index contributed by atoms with van der Waals surface area (Å²) in [4.78, 5) is 34.6. The zero-order valence-corrected chi connectivity index (χ0v) is 16.3. The third-order valence-electron chi connectivity index (χ3n) is 5.43. The first-order valence-corrected chi connectivity index (χ1v) is 9.60. The second-order valence-electron chi connectivity index (χ2n) is 7.47. The topological polar surface area (TPSA) is 72.5 Å². The number of nitrogens with zero attached hydrogens (tertiary/aromatic N) is 5. The highest BCUT2D eigenvalue weighted by atomic mass is 19.4. The van der Waals surface area contributed by atoms with E-state index in [9.17, 15) is 22.8 Å². The SMILES string of the molecule is Cc1nc2ccccn2c1C(=O)N1CCC(Cn2cnc(C(F)(F)F)cc2=O)CC1. The Morgan fingerprint density at radius 3 is 2.63 bits per heavy atom. The molecule has 3 aromatic heterocycles. The minimum Gasteiger partial charge on any atom is -0.337 e. The fraction of sp³-hybridized carbons (Fsp3) is 0.400. The molecule has 0 N–H and O–H groups in total. The molecule has 1 saturated heterocycles. The summed E-state index contributed by atoms with van der Waals surface area (Å²) in [6.07, 6.45) is -0.590. The van der Waals surface area contributed by atoms with Crippen molar-refractivity contribution in [3.05, 3.63) is 64.2 Å². The third-order valence-corrected chi connectivity index (χ3v) is 5.43. The monoisotopic (exact) mass is 419 g/mol. The smallest absolute Gasteiger partial charge is 0.337 e. The van der Waals surface area contributed by atoms with Gasteiger partial charge in [0, 0.05) is 31.9 Å². The summed E-state index contributed by atoms with van der Waals surface area (Å²) in [5.74, 6) is -0.0217. The summed E-state index contributed by atoms with van der Waals surface area (Å²) in [7, 11) is 0. The second kappa shape index (κ2) is 7.58. The normalized spacial score (nSPS) is 15.7. The van der Waals surface area contributed by atoms with Crippen molar-refractivity contribution in [3.63, 3.8) is 0 Å². The Hall–Kier alpha value is -3.17. The molecule has 0 atom stereocenters. The summed E-state index contributed by atoms with van der Waals surface area (Å²) in [5.41, 5.74) is -0.00455. The predicted molar refractivity (Wildman–Crippen MR) is 102 cm³/mol. The van der Waals surface area contributed by atoms with Gasteiger partial charge in [-0.05, 0) is 37.8 Å². The molecule has 4 heterocycles. The van der Waals surface area contributed by atoms with E-state index >= 15 is 0 Å². The van der Waals surface area contributed by atoms with Gasteiger partial charge in [0.05, 0.1) is 12.0 Å². The number of hydrogen-bond donors (Lipinski definition) is 0. The molecule has 10 heteroatoms. The minimum absolute atomic E-state index is 0.0774. The molecule has 0 aliphatic carbocycles. The number of carbonyl (C=O) groups is 1. The van der Waals surface area contributed by atoms with Crippen molar-refractivity contribution in [2.75, 3.05) is 13.1 Å². The number of pyridine rings is 1. The number of alkyl halides is 3. The average Bonchev–Trinajstić information content (AvgIpc) is 3.04. The molecule has 7 nitrogen and oxygen atoms in total. The summed E-state index contributed by atoms with van der Waals surface area (Å²) in [5, 5.41) is 0. The summed E-state index contributed by atoms with van der Waals surface area (Å²) in [6, 6.07) is 6.06. The van der Waals surface area contributed by atoms with Crippen LogP contribution in [0.4, 0.5) is 13.2 Å². The van der Waals surface area contributed by atoms with Gasteiger partial charge in [0.1, 0.15) is 11.3 Å². The van der Waals surface area contributed by atoms with Gasteiger partial charge in [0.2, 0.25) is 0 Å². The molecule has 1 aliphatic rings. The van der Waals surface area contributed by atoms with E-state index in [0.717, 1.165) is 6.33 Å². The van der Waals surface area contributed by atoms with Crippen LogP contribution in [0.25, 0.3) is 5.65 Å². The van der Waals surface area contributed by atoms with E-state index < -0.39 is 17.4 Å². The molecular formula is C20H20F3N5O2. The fourth-order valence-corrected chi connectivity index (χ4v) is 3.84. The van der Waals surface area contributed by atoms with Gasteiger partial charge < -0.3 is 4.90 Å². The van der Waals surface area contributed by atoms with E-state index in [1.807, 2.05) is 18.2 Å². The Bertz CT molecular complexity index is 1140. The number of rotatable bonds is 3. The van der Waals surface area contributed by atoms with Crippen molar-refractivity contribution in [2.45, 2.75) is 32.5 Å². The van der Waals surface area contributed by atoms with Crippen molar-refractivity contribution in [1.29, 1.82) is 0 Å². The molecule has 0 saturated carbocycles. The Labute approximate surface area is 169 Å². The third kappa shape index (κ3) is 3.81. The number of likely N-dealkylation sites (tertiary alicyclic amines) is 1. The molecule has 1 aliphatic heterocycles. The number of piperidine rings is 1. The maximum Gasteiger partial charge on any atom is 0.433 e. The van der Waals surface area contributed by atoms with Gasteiger partial charge in [-0.2, -0.15) is 13.2 Å². The van der Waals surface area contributed by atoms with Gasteiger partial charge in [0.25, 0.3) is 11.5 Å². The molecule has 0 aromatic carbocycles. The number of imidazole rings is 1. The van der Waals surface area contributed by atoms with Crippen molar-refractivity contribution < 1.29 is 18.0 Å². The zero-order valence-electron chi connectivity index (χ0n) is 16.3. The molecule has 1 amide bonds. The van der Waals surface area contributed by atoms with Gasteiger partial charge in [-0.25, -0.2) is 9.97 Å². The molecule has 0 radical (unpaired) electrons. The van der Waals surface area contributed by atoms with Crippen molar-refractivity contribution in [3.8, 4) is 0 Å². The Kier molecular flexibility index (Phi) is 5.08. The summed E-state index contributed by atoms with van der Waals surface area (Å²) in [6.45, 7) is 3.09. The molecule has 4 rings (SSSR count). The van der Waals surface area contributed by atoms with Crippen molar-refractivity contribution in [2.24, 2.45) is 5.92 Å². The summed E-state index contributed by atoms with van der Waals surface area (Å²) < 4.78 is 41.0. The largest absolute Gasteiger partial charge is 0.433 e. The molecule has 158 valence electrons. The number of halogens is 3. The maximum absolute atomic E-state index is 13.0. The molecule has 0 unspecified atom stereocenters. The lowest BCUT2D eigenvalue weighted by Crippen LogP contribution is -2.40. The lowest BCUT2D eigenvalue weighted by molar-refractivity contribution is -0.141. The van der Waals surface area contributed by atoms with Crippen LogP contribution in [0.1, 0.15) is 34.7 Å². The molecule has 1 fully saturated rings. The highest BCUT2D eigenvalue weighted by Crippen LogP contribution is 2.26. The molecule has 3 aromatic rings. The quantitative estimate of drug-likeness (QED) is 0.655. The fourth-order valence-electron chi connectivity index (χ4n) is 3.84. The van der Waals surface area contributed by atoms with E-state index in [1.54, 1.807) is 22.4 Å². The number of aryl methyl sites for hydroxylation is 1. The van der Waals surface area contributed by atoms with Crippen LogP contribution in [0.15, 0.2) is 41.6 Å². The van der Waals surface area contributed by atoms with E-state index in [0.29, 0.717) is 49.0 Å². The number of aromatic nitrogens is 4. The maximum atomic E-state index is 13.0. The first-order chi connectivity index (χ1) is 14.2. The molecular weight excluding hydrogens is 399 g/mol. The van der Waals surface area contributed by atoms with Crippen LogP contribution in [0.3, 0.4) is 0 Å². The van der Waals surface area contributed by atoms with E-state index in [2.05, 4.69) is 9.97 Å². The summed E-state index contributed by atoms with van der Waals surface area (Å²) >= 11 is 0. The number of fused-ring (bicyclic) bond motifs is 1. The highest BCUT2D eigenvalue weighted by molar-refractivity contribution is 5.94. The van der Waals surface area contributed by atoms with E-state index in [1.165, 1.54) is 4.57 Å². The van der Waals surface area contributed by atoms with Crippen LogP contribution in [-0.2, 0) is 12.7 Å². The predicted octanol–water partition coefficient (Wildman–Crippen LogP) is 2.77.